The quantitative estimate of drug-likeness (QED) is 0.844. The van der Waals surface area contributed by atoms with Crippen LogP contribution in [0, 0.1) is 0 Å². The van der Waals surface area contributed by atoms with Crippen molar-refractivity contribution in [2.24, 2.45) is 0 Å². The average Bonchev–Trinajstić information content (AvgIpc) is 3.21. The van der Waals surface area contributed by atoms with Gasteiger partial charge in [-0.05, 0) is 18.2 Å². The standard InChI is InChI=1S/C20H23N3O3/c24-20(16-6-8-21-19(14-16)26-18-7-13-25-15-18)23-11-9-22(10-12-23)17-4-2-1-3-5-17/h1-6,8,14,18H,7,9-13,15H2. The van der Waals surface area contributed by atoms with E-state index in [-0.39, 0.29) is 12.0 Å². The van der Waals surface area contributed by atoms with Crippen LogP contribution in [0.1, 0.15) is 16.8 Å². The number of nitrogens with zero attached hydrogens (tertiary/aromatic N) is 3. The van der Waals surface area contributed by atoms with Gasteiger partial charge in [-0.1, -0.05) is 18.2 Å². The van der Waals surface area contributed by atoms with E-state index in [1.165, 1.54) is 5.69 Å². The van der Waals surface area contributed by atoms with Crippen molar-refractivity contribution in [3.63, 3.8) is 0 Å². The lowest BCUT2D eigenvalue weighted by atomic mass is 10.2. The molecule has 0 N–H and O–H groups in total. The minimum Gasteiger partial charge on any atom is -0.472 e. The van der Waals surface area contributed by atoms with Gasteiger partial charge in [0.2, 0.25) is 5.88 Å². The second-order valence-corrected chi connectivity index (χ2v) is 6.60. The number of hydrogen-bond donors (Lipinski definition) is 0. The summed E-state index contributed by atoms with van der Waals surface area (Å²) in [6.45, 7) is 4.40. The van der Waals surface area contributed by atoms with Gasteiger partial charge in [0.25, 0.3) is 5.91 Å². The minimum absolute atomic E-state index is 0.0299. The molecule has 0 bridgehead atoms. The van der Waals surface area contributed by atoms with Crippen molar-refractivity contribution in [1.82, 2.24) is 9.88 Å². The molecule has 4 rings (SSSR count). The number of hydrogen-bond acceptors (Lipinski definition) is 5. The first-order chi connectivity index (χ1) is 12.8. The van der Waals surface area contributed by atoms with E-state index in [1.54, 1.807) is 18.3 Å². The molecule has 2 saturated heterocycles. The molecular weight excluding hydrogens is 330 g/mol. The highest BCUT2D eigenvalue weighted by atomic mass is 16.5. The summed E-state index contributed by atoms with van der Waals surface area (Å²) in [5.41, 5.74) is 1.83. The molecule has 0 spiro atoms. The number of rotatable bonds is 4. The van der Waals surface area contributed by atoms with Crippen molar-refractivity contribution in [3.05, 3.63) is 54.2 Å². The normalized spacial score (nSPS) is 20.2. The zero-order valence-electron chi connectivity index (χ0n) is 14.7. The maximum atomic E-state index is 12.8. The van der Waals surface area contributed by atoms with E-state index in [4.69, 9.17) is 9.47 Å². The number of amides is 1. The molecule has 26 heavy (non-hydrogen) atoms. The summed E-state index contributed by atoms with van der Waals surface area (Å²) >= 11 is 0. The Balaban J connectivity index is 1.37. The number of aromatic nitrogens is 1. The first-order valence-corrected chi connectivity index (χ1v) is 9.09. The highest BCUT2D eigenvalue weighted by molar-refractivity contribution is 5.94. The van der Waals surface area contributed by atoms with Crippen LogP contribution in [-0.2, 0) is 4.74 Å². The number of carbonyl (C=O) groups is 1. The van der Waals surface area contributed by atoms with Gasteiger partial charge in [0.15, 0.2) is 0 Å². The SMILES string of the molecule is O=C(c1ccnc(OC2CCOC2)c1)N1CCN(c2ccccc2)CC1. The van der Waals surface area contributed by atoms with E-state index in [0.29, 0.717) is 31.1 Å². The first kappa shape index (κ1) is 16.8. The monoisotopic (exact) mass is 353 g/mol. The Kier molecular flexibility index (Phi) is 5.02. The van der Waals surface area contributed by atoms with Gasteiger partial charge in [0, 0.05) is 56.1 Å². The predicted molar refractivity (Wildman–Crippen MR) is 98.6 cm³/mol. The third kappa shape index (κ3) is 3.80. The fraction of sp³-hybridized carbons (Fsp3) is 0.400. The van der Waals surface area contributed by atoms with Gasteiger partial charge in [0.05, 0.1) is 13.2 Å². The summed E-state index contributed by atoms with van der Waals surface area (Å²) in [6, 6.07) is 13.8. The molecule has 1 atom stereocenters. The highest BCUT2D eigenvalue weighted by Gasteiger charge is 2.23. The fourth-order valence-corrected chi connectivity index (χ4v) is 3.37. The van der Waals surface area contributed by atoms with Crippen molar-refractivity contribution in [3.8, 4) is 5.88 Å². The van der Waals surface area contributed by atoms with Gasteiger partial charge in [-0.25, -0.2) is 4.98 Å². The molecule has 6 heteroatoms. The number of anilines is 1. The third-order valence-electron chi connectivity index (χ3n) is 4.85. The lowest BCUT2D eigenvalue weighted by molar-refractivity contribution is 0.0745. The van der Waals surface area contributed by atoms with Crippen molar-refractivity contribution in [2.45, 2.75) is 12.5 Å². The number of carbonyl (C=O) groups excluding carboxylic acids is 1. The summed E-state index contributed by atoms with van der Waals surface area (Å²) in [4.78, 5) is 21.3. The third-order valence-corrected chi connectivity index (χ3v) is 4.85. The number of piperazine rings is 1. The summed E-state index contributed by atoms with van der Waals surface area (Å²) in [5.74, 6) is 0.530. The van der Waals surface area contributed by atoms with Crippen LogP contribution in [0.2, 0.25) is 0 Å². The van der Waals surface area contributed by atoms with Gasteiger partial charge >= 0.3 is 0 Å². The molecule has 3 heterocycles. The number of ether oxygens (including phenoxy) is 2. The lowest BCUT2D eigenvalue weighted by Crippen LogP contribution is -2.48. The predicted octanol–water partition coefficient (Wildman–Crippen LogP) is 2.21. The Labute approximate surface area is 153 Å². The Morgan fingerprint density at radius 1 is 1.12 bits per heavy atom. The largest absolute Gasteiger partial charge is 0.472 e. The van der Waals surface area contributed by atoms with E-state index < -0.39 is 0 Å². The molecule has 0 saturated carbocycles. The Hall–Kier alpha value is -2.60. The second kappa shape index (κ2) is 7.74. The van der Waals surface area contributed by atoms with Crippen molar-refractivity contribution >= 4 is 11.6 Å². The number of para-hydroxylation sites is 1. The molecule has 1 unspecified atom stereocenters. The summed E-state index contributed by atoms with van der Waals surface area (Å²) in [7, 11) is 0. The molecule has 0 aliphatic carbocycles. The zero-order chi connectivity index (χ0) is 17.8. The van der Waals surface area contributed by atoms with Crippen LogP contribution < -0.4 is 9.64 Å². The van der Waals surface area contributed by atoms with Crippen LogP contribution in [0.15, 0.2) is 48.7 Å². The maximum Gasteiger partial charge on any atom is 0.254 e. The number of benzene rings is 1. The molecular formula is C20H23N3O3. The zero-order valence-corrected chi connectivity index (χ0v) is 14.7. The summed E-state index contributed by atoms with van der Waals surface area (Å²) < 4.78 is 11.1. The van der Waals surface area contributed by atoms with Crippen LogP contribution in [0.25, 0.3) is 0 Å². The molecule has 2 aromatic rings. The molecule has 2 fully saturated rings. The lowest BCUT2D eigenvalue weighted by Gasteiger charge is -2.36. The van der Waals surface area contributed by atoms with Gasteiger partial charge in [-0.3, -0.25) is 4.79 Å². The molecule has 2 aliphatic rings. The fourth-order valence-electron chi connectivity index (χ4n) is 3.37. The smallest absolute Gasteiger partial charge is 0.254 e. The summed E-state index contributed by atoms with van der Waals surface area (Å²) in [5, 5.41) is 0. The van der Waals surface area contributed by atoms with E-state index in [0.717, 1.165) is 26.1 Å². The highest BCUT2D eigenvalue weighted by Crippen LogP contribution is 2.19. The van der Waals surface area contributed by atoms with Crippen LogP contribution in [0.5, 0.6) is 5.88 Å². The minimum atomic E-state index is 0.0299. The van der Waals surface area contributed by atoms with Crippen LogP contribution in [0.4, 0.5) is 5.69 Å². The molecule has 6 nitrogen and oxygen atoms in total. The van der Waals surface area contributed by atoms with E-state index in [2.05, 4.69) is 22.0 Å². The van der Waals surface area contributed by atoms with Crippen molar-refractivity contribution in [1.29, 1.82) is 0 Å². The molecule has 1 amide bonds. The van der Waals surface area contributed by atoms with Gasteiger partial charge in [0.1, 0.15) is 6.10 Å². The molecule has 136 valence electrons. The van der Waals surface area contributed by atoms with Gasteiger partial charge < -0.3 is 19.3 Å². The summed E-state index contributed by atoms with van der Waals surface area (Å²) in [6.07, 6.45) is 2.53. The van der Waals surface area contributed by atoms with Crippen LogP contribution >= 0.6 is 0 Å². The topological polar surface area (TPSA) is 54.9 Å². The average molecular weight is 353 g/mol. The molecule has 2 aliphatic heterocycles. The molecule has 1 aromatic carbocycles. The Morgan fingerprint density at radius 3 is 2.65 bits per heavy atom. The van der Waals surface area contributed by atoms with Crippen LogP contribution in [0.3, 0.4) is 0 Å². The first-order valence-electron chi connectivity index (χ1n) is 9.09. The number of pyridine rings is 1. The molecule has 1 aromatic heterocycles. The molecule has 0 radical (unpaired) electrons. The van der Waals surface area contributed by atoms with Crippen LogP contribution in [-0.4, -0.2) is 61.3 Å². The Morgan fingerprint density at radius 2 is 1.92 bits per heavy atom. The van der Waals surface area contributed by atoms with Crippen molar-refractivity contribution in [2.75, 3.05) is 44.3 Å². The van der Waals surface area contributed by atoms with Gasteiger partial charge in [-0.15, -0.1) is 0 Å². The maximum absolute atomic E-state index is 12.8. The van der Waals surface area contributed by atoms with E-state index in [9.17, 15) is 4.79 Å². The Bertz CT molecular complexity index is 739. The van der Waals surface area contributed by atoms with Crippen molar-refractivity contribution < 1.29 is 14.3 Å². The van der Waals surface area contributed by atoms with E-state index in [1.807, 2.05) is 23.1 Å². The second-order valence-electron chi connectivity index (χ2n) is 6.60. The van der Waals surface area contributed by atoms with Gasteiger partial charge in [-0.2, -0.15) is 0 Å². The van der Waals surface area contributed by atoms with E-state index >= 15 is 0 Å².